The van der Waals surface area contributed by atoms with E-state index in [4.69, 9.17) is 23.7 Å². The van der Waals surface area contributed by atoms with E-state index in [9.17, 15) is 4.79 Å². The number of esters is 1. The molecule has 36 heavy (non-hydrogen) atoms. The average molecular weight is 492 g/mol. The highest BCUT2D eigenvalue weighted by Gasteiger charge is 2.31. The van der Waals surface area contributed by atoms with E-state index < -0.39 is 12.1 Å². The number of hydrogen-bond acceptors (Lipinski definition) is 8. The standard InChI is InChI=1S/C27H29N3O6/c1-17-6-12-21(25-26(17)30(29-28-25)16-18-7-10-20(32-2)11-8-18)36-24(31)13-9-19-14-22(33-3)27(35-5)23(15-19)34-4/h7-11,13-15,21H,1,6,12,16H2,2-5H3/b13-9+. The Balaban J connectivity index is 1.49. The normalized spacial score (nSPS) is 14.9. The van der Waals surface area contributed by atoms with Crippen molar-refractivity contribution >= 4 is 17.6 Å². The highest BCUT2D eigenvalue weighted by atomic mass is 16.5. The molecule has 0 bridgehead atoms. The number of rotatable bonds is 9. The molecule has 0 spiro atoms. The number of fused-ring (bicyclic) bond motifs is 1. The van der Waals surface area contributed by atoms with Crippen molar-refractivity contribution in [3.05, 3.63) is 71.6 Å². The van der Waals surface area contributed by atoms with Crippen LogP contribution in [0.15, 0.2) is 49.1 Å². The molecule has 1 atom stereocenters. The molecule has 9 heteroatoms. The van der Waals surface area contributed by atoms with Gasteiger partial charge >= 0.3 is 5.97 Å². The summed E-state index contributed by atoms with van der Waals surface area (Å²) in [5, 5.41) is 8.65. The molecule has 0 N–H and O–H groups in total. The molecule has 0 aliphatic heterocycles. The van der Waals surface area contributed by atoms with Crippen LogP contribution < -0.4 is 18.9 Å². The van der Waals surface area contributed by atoms with Crippen LogP contribution in [0.4, 0.5) is 0 Å². The molecule has 1 aliphatic rings. The number of carbonyl (C=O) groups excluding carboxylic acids is 1. The van der Waals surface area contributed by atoms with E-state index >= 15 is 0 Å². The zero-order chi connectivity index (χ0) is 25.7. The number of hydrogen-bond donors (Lipinski definition) is 0. The summed E-state index contributed by atoms with van der Waals surface area (Å²) in [5.74, 6) is 1.77. The highest BCUT2D eigenvalue weighted by molar-refractivity contribution is 5.87. The Morgan fingerprint density at radius 3 is 2.36 bits per heavy atom. The van der Waals surface area contributed by atoms with Gasteiger partial charge in [0.2, 0.25) is 5.75 Å². The van der Waals surface area contributed by atoms with E-state index in [0.29, 0.717) is 47.9 Å². The van der Waals surface area contributed by atoms with E-state index in [2.05, 4.69) is 16.9 Å². The molecule has 0 amide bonds. The molecule has 0 saturated heterocycles. The maximum absolute atomic E-state index is 12.7. The third kappa shape index (κ3) is 5.19. The first-order valence-electron chi connectivity index (χ1n) is 11.4. The minimum absolute atomic E-state index is 0.479. The van der Waals surface area contributed by atoms with E-state index in [0.717, 1.165) is 22.6 Å². The molecule has 4 rings (SSSR count). The minimum atomic E-state index is -0.507. The zero-order valence-corrected chi connectivity index (χ0v) is 20.8. The maximum Gasteiger partial charge on any atom is 0.331 e. The van der Waals surface area contributed by atoms with Crippen LogP contribution >= 0.6 is 0 Å². The lowest BCUT2D eigenvalue weighted by molar-refractivity contribution is -0.143. The molecule has 0 fully saturated rings. The van der Waals surface area contributed by atoms with Crippen LogP contribution in [-0.4, -0.2) is 49.4 Å². The van der Waals surface area contributed by atoms with Gasteiger partial charge in [0.05, 0.1) is 40.7 Å². The summed E-state index contributed by atoms with van der Waals surface area (Å²) in [6.07, 6.45) is 3.77. The molecule has 0 saturated carbocycles. The van der Waals surface area contributed by atoms with Gasteiger partial charge in [0, 0.05) is 6.08 Å². The molecule has 1 unspecified atom stereocenters. The number of allylic oxidation sites excluding steroid dienone is 1. The molecular formula is C27H29N3O6. The van der Waals surface area contributed by atoms with Crippen molar-refractivity contribution in [2.45, 2.75) is 25.5 Å². The van der Waals surface area contributed by atoms with Crippen molar-refractivity contribution in [1.82, 2.24) is 15.0 Å². The Labute approximate surface area is 209 Å². The van der Waals surface area contributed by atoms with Gasteiger partial charge in [-0.05, 0) is 59.9 Å². The Bertz CT molecular complexity index is 1250. The summed E-state index contributed by atoms with van der Waals surface area (Å²) >= 11 is 0. The van der Waals surface area contributed by atoms with E-state index in [1.807, 2.05) is 24.3 Å². The highest BCUT2D eigenvalue weighted by Crippen LogP contribution is 2.39. The van der Waals surface area contributed by atoms with Crippen molar-refractivity contribution in [3.8, 4) is 23.0 Å². The first kappa shape index (κ1) is 24.8. The maximum atomic E-state index is 12.7. The largest absolute Gasteiger partial charge is 0.497 e. The van der Waals surface area contributed by atoms with E-state index in [-0.39, 0.29) is 0 Å². The van der Waals surface area contributed by atoms with Crippen molar-refractivity contribution in [1.29, 1.82) is 0 Å². The lowest BCUT2D eigenvalue weighted by Crippen LogP contribution is -2.17. The average Bonchev–Trinajstić information content (AvgIpc) is 3.33. The Morgan fingerprint density at radius 1 is 1.06 bits per heavy atom. The smallest absolute Gasteiger partial charge is 0.331 e. The fourth-order valence-electron chi connectivity index (χ4n) is 4.14. The van der Waals surface area contributed by atoms with Gasteiger partial charge in [0.25, 0.3) is 0 Å². The topological polar surface area (TPSA) is 93.9 Å². The third-order valence-corrected chi connectivity index (χ3v) is 5.96. The number of ether oxygens (including phenoxy) is 5. The van der Waals surface area contributed by atoms with Gasteiger partial charge < -0.3 is 23.7 Å². The number of methoxy groups -OCH3 is 4. The van der Waals surface area contributed by atoms with Crippen LogP contribution in [0, 0.1) is 0 Å². The van der Waals surface area contributed by atoms with Crippen LogP contribution in [0.25, 0.3) is 11.6 Å². The second kappa shape index (κ2) is 11.0. The first-order chi connectivity index (χ1) is 17.5. The van der Waals surface area contributed by atoms with Crippen LogP contribution in [0.1, 0.15) is 41.5 Å². The molecule has 188 valence electrons. The van der Waals surface area contributed by atoms with Crippen molar-refractivity contribution in [2.75, 3.05) is 28.4 Å². The molecular weight excluding hydrogens is 462 g/mol. The Hall–Kier alpha value is -4.27. The molecule has 1 heterocycles. The number of carbonyl (C=O) groups is 1. The molecule has 3 aromatic rings. The van der Waals surface area contributed by atoms with E-state index in [1.54, 1.807) is 30.0 Å². The fraction of sp³-hybridized carbons (Fsp3) is 0.296. The first-order valence-corrected chi connectivity index (χ1v) is 11.4. The summed E-state index contributed by atoms with van der Waals surface area (Å²) in [4.78, 5) is 12.7. The number of nitrogens with zero attached hydrogens (tertiary/aromatic N) is 3. The fourth-order valence-corrected chi connectivity index (χ4v) is 4.14. The van der Waals surface area contributed by atoms with Gasteiger partial charge in [-0.1, -0.05) is 23.9 Å². The SMILES string of the molecule is C=C1CCC(OC(=O)/C=C/c2cc(OC)c(OC)c(OC)c2)c2nnn(Cc3ccc(OC)cc3)c21. The van der Waals surface area contributed by atoms with Gasteiger partial charge in [-0.3, -0.25) is 0 Å². The van der Waals surface area contributed by atoms with Crippen molar-refractivity contribution in [3.63, 3.8) is 0 Å². The predicted octanol–water partition coefficient (Wildman–Crippen LogP) is 4.47. The van der Waals surface area contributed by atoms with Gasteiger partial charge in [-0.2, -0.15) is 0 Å². The second-order valence-corrected chi connectivity index (χ2v) is 8.19. The van der Waals surface area contributed by atoms with Crippen LogP contribution in [0.3, 0.4) is 0 Å². The Kier molecular flexibility index (Phi) is 7.58. The van der Waals surface area contributed by atoms with Crippen molar-refractivity contribution < 1.29 is 28.5 Å². The van der Waals surface area contributed by atoms with Crippen LogP contribution in [0.5, 0.6) is 23.0 Å². The predicted molar refractivity (Wildman–Crippen MR) is 134 cm³/mol. The lowest BCUT2D eigenvalue weighted by atomic mass is 9.94. The van der Waals surface area contributed by atoms with Crippen LogP contribution in [0.2, 0.25) is 0 Å². The lowest BCUT2D eigenvalue weighted by Gasteiger charge is -2.23. The summed E-state index contributed by atoms with van der Waals surface area (Å²) in [6.45, 7) is 4.71. The Morgan fingerprint density at radius 2 is 1.75 bits per heavy atom. The quantitative estimate of drug-likeness (QED) is 0.320. The van der Waals surface area contributed by atoms with E-state index in [1.165, 1.54) is 27.4 Å². The summed E-state index contributed by atoms with van der Waals surface area (Å²) in [6, 6.07) is 11.3. The van der Waals surface area contributed by atoms with Crippen LogP contribution in [-0.2, 0) is 16.1 Å². The van der Waals surface area contributed by atoms with Gasteiger partial charge in [-0.15, -0.1) is 5.10 Å². The third-order valence-electron chi connectivity index (χ3n) is 5.96. The summed E-state index contributed by atoms with van der Waals surface area (Å²) in [7, 11) is 6.24. The number of aromatic nitrogens is 3. The molecule has 1 aromatic heterocycles. The molecule has 1 aliphatic carbocycles. The molecule has 9 nitrogen and oxygen atoms in total. The molecule has 2 aromatic carbocycles. The van der Waals surface area contributed by atoms with Gasteiger partial charge in [0.1, 0.15) is 17.5 Å². The monoisotopic (exact) mass is 491 g/mol. The van der Waals surface area contributed by atoms with Gasteiger partial charge in [0.15, 0.2) is 11.5 Å². The zero-order valence-electron chi connectivity index (χ0n) is 20.8. The summed E-state index contributed by atoms with van der Waals surface area (Å²) < 4.78 is 28.8. The minimum Gasteiger partial charge on any atom is -0.497 e. The number of benzene rings is 2. The van der Waals surface area contributed by atoms with Crippen molar-refractivity contribution in [2.24, 2.45) is 0 Å². The second-order valence-electron chi connectivity index (χ2n) is 8.19. The molecule has 0 radical (unpaired) electrons. The van der Waals surface area contributed by atoms with Gasteiger partial charge in [-0.25, -0.2) is 9.48 Å². The summed E-state index contributed by atoms with van der Waals surface area (Å²) in [5.41, 5.74) is 4.09.